The van der Waals surface area contributed by atoms with Crippen LogP contribution >= 0.6 is 0 Å². The standard InChI is InChI=1S/C26H33N3O2/c1-31-22-7-8-24-18(15-22)9-12-28(24)17-25(30)29-11-4-5-19-13-20-14-21(26(19)29)16-27-10-3-2-6-23(20)27/h7-9,12-13,15,20-21,23,26H,2-6,10-11,14,16-17H2,1H3. The number of amides is 1. The summed E-state index contributed by atoms with van der Waals surface area (Å²) in [4.78, 5) is 18.6. The lowest BCUT2D eigenvalue weighted by atomic mass is 9.68. The third kappa shape index (κ3) is 3.29. The maximum Gasteiger partial charge on any atom is 0.243 e. The second-order valence-electron chi connectivity index (χ2n) is 9.96. The molecule has 2 aromatic rings. The Hall–Kier alpha value is -2.27. The number of benzene rings is 1. The molecule has 4 heterocycles. The van der Waals surface area contributed by atoms with Crippen LogP contribution in [0.5, 0.6) is 5.75 Å². The molecule has 1 aromatic heterocycles. The Morgan fingerprint density at radius 2 is 2.10 bits per heavy atom. The fourth-order valence-electron chi connectivity index (χ4n) is 6.93. The topological polar surface area (TPSA) is 37.7 Å². The van der Waals surface area contributed by atoms with E-state index in [2.05, 4.69) is 32.6 Å². The first kappa shape index (κ1) is 19.4. The van der Waals surface area contributed by atoms with Crippen molar-refractivity contribution in [1.29, 1.82) is 0 Å². The zero-order chi connectivity index (χ0) is 20.9. The molecule has 164 valence electrons. The molecule has 4 atom stereocenters. The first-order chi connectivity index (χ1) is 15.2. The van der Waals surface area contributed by atoms with Crippen molar-refractivity contribution in [3.05, 3.63) is 42.1 Å². The van der Waals surface area contributed by atoms with Gasteiger partial charge in [-0.1, -0.05) is 18.1 Å². The molecule has 0 spiro atoms. The molecule has 6 rings (SSSR count). The maximum atomic E-state index is 13.6. The number of likely N-dealkylation sites (tertiary alicyclic amines) is 1. The highest BCUT2D eigenvalue weighted by molar-refractivity contribution is 5.84. The first-order valence-corrected chi connectivity index (χ1v) is 12.1. The van der Waals surface area contributed by atoms with Gasteiger partial charge in [0.25, 0.3) is 0 Å². The number of carbonyl (C=O) groups is 1. The zero-order valence-corrected chi connectivity index (χ0v) is 18.5. The van der Waals surface area contributed by atoms with E-state index < -0.39 is 0 Å². The normalized spacial score (nSPS) is 30.5. The summed E-state index contributed by atoms with van der Waals surface area (Å²) in [6.45, 7) is 3.75. The maximum absolute atomic E-state index is 13.6. The molecule has 3 fully saturated rings. The molecule has 2 bridgehead atoms. The lowest BCUT2D eigenvalue weighted by Crippen LogP contribution is -2.60. The van der Waals surface area contributed by atoms with Crippen molar-refractivity contribution in [3.8, 4) is 5.75 Å². The zero-order valence-electron chi connectivity index (χ0n) is 18.5. The number of carbonyl (C=O) groups excluding carboxylic acids is 1. The highest BCUT2D eigenvalue weighted by Gasteiger charge is 2.46. The van der Waals surface area contributed by atoms with Crippen molar-refractivity contribution in [2.24, 2.45) is 11.8 Å². The van der Waals surface area contributed by atoms with E-state index >= 15 is 0 Å². The molecule has 4 aliphatic rings. The fourth-order valence-corrected chi connectivity index (χ4v) is 6.93. The van der Waals surface area contributed by atoms with Gasteiger partial charge in [-0.15, -0.1) is 0 Å². The molecule has 3 saturated heterocycles. The van der Waals surface area contributed by atoms with E-state index in [1.165, 1.54) is 45.2 Å². The monoisotopic (exact) mass is 419 g/mol. The van der Waals surface area contributed by atoms with Gasteiger partial charge in [-0.25, -0.2) is 0 Å². The number of fused-ring (bicyclic) bond motifs is 7. The molecule has 4 unspecified atom stereocenters. The Morgan fingerprint density at radius 3 is 3.00 bits per heavy atom. The van der Waals surface area contributed by atoms with Crippen LogP contribution in [0.3, 0.4) is 0 Å². The van der Waals surface area contributed by atoms with E-state index in [0.29, 0.717) is 24.4 Å². The van der Waals surface area contributed by atoms with Gasteiger partial charge in [0.2, 0.25) is 5.91 Å². The molecule has 1 aromatic carbocycles. The van der Waals surface area contributed by atoms with Crippen LogP contribution in [0.4, 0.5) is 0 Å². The van der Waals surface area contributed by atoms with Crippen molar-refractivity contribution < 1.29 is 9.53 Å². The fraction of sp³-hybridized carbons (Fsp3) is 0.577. The number of rotatable bonds is 3. The molecule has 1 amide bonds. The van der Waals surface area contributed by atoms with E-state index in [0.717, 1.165) is 35.7 Å². The van der Waals surface area contributed by atoms with Gasteiger partial charge in [-0.2, -0.15) is 0 Å². The largest absolute Gasteiger partial charge is 0.497 e. The van der Waals surface area contributed by atoms with Gasteiger partial charge in [0, 0.05) is 36.2 Å². The van der Waals surface area contributed by atoms with Gasteiger partial charge in [-0.3, -0.25) is 9.69 Å². The number of piperidine rings is 3. The van der Waals surface area contributed by atoms with Gasteiger partial charge in [0.05, 0.1) is 13.2 Å². The van der Waals surface area contributed by atoms with Crippen molar-refractivity contribution in [2.45, 2.75) is 57.2 Å². The van der Waals surface area contributed by atoms with Crippen molar-refractivity contribution in [1.82, 2.24) is 14.4 Å². The molecular formula is C26H33N3O2. The van der Waals surface area contributed by atoms with Gasteiger partial charge in [0.15, 0.2) is 0 Å². The summed E-state index contributed by atoms with van der Waals surface area (Å²) in [6.07, 6.45) is 12.3. The predicted octanol–water partition coefficient (Wildman–Crippen LogP) is 4.07. The summed E-state index contributed by atoms with van der Waals surface area (Å²) < 4.78 is 7.45. The number of ether oxygens (including phenoxy) is 1. The molecular weight excluding hydrogens is 386 g/mol. The van der Waals surface area contributed by atoms with Crippen molar-refractivity contribution in [3.63, 3.8) is 0 Å². The Bertz CT molecular complexity index is 1020. The van der Waals surface area contributed by atoms with E-state index in [1.807, 2.05) is 18.3 Å². The lowest BCUT2D eigenvalue weighted by molar-refractivity contribution is -0.136. The van der Waals surface area contributed by atoms with Crippen LogP contribution in [-0.2, 0) is 11.3 Å². The minimum absolute atomic E-state index is 0.267. The summed E-state index contributed by atoms with van der Waals surface area (Å²) >= 11 is 0. The Balaban J connectivity index is 1.25. The van der Waals surface area contributed by atoms with E-state index in [-0.39, 0.29) is 5.91 Å². The van der Waals surface area contributed by atoms with Crippen LogP contribution in [0.2, 0.25) is 0 Å². The highest BCUT2D eigenvalue weighted by atomic mass is 16.5. The Labute approximate surface area is 184 Å². The molecule has 0 radical (unpaired) electrons. The van der Waals surface area contributed by atoms with Crippen LogP contribution in [0.1, 0.15) is 38.5 Å². The van der Waals surface area contributed by atoms with Gasteiger partial charge in [0.1, 0.15) is 12.3 Å². The SMILES string of the molecule is COc1ccc2c(ccn2CC(=O)N2CCCC3=CC4CC(CN5CCCCC45)C32)c1. The average molecular weight is 420 g/mol. The van der Waals surface area contributed by atoms with Gasteiger partial charge in [-0.05, 0) is 74.8 Å². The molecule has 0 N–H and O–H groups in total. The van der Waals surface area contributed by atoms with Crippen LogP contribution in [0, 0.1) is 11.8 Å². The molecule has 5 nitrogen and oxygen atoms in total. The number of methoxy groups -OCH3 is 1. The summed E-state index contributed by atoms with van der Waals surface area (Å²) in [6, 6.07) is 9.23. The number of hydrogen-bond acceptors (Lipinski definition) is 3. The number of aromatic nitrogens is 1. The summed E-state index contributed by atoms with van der Waals surface area (Å²) in [5.74, 6) is 2.44. The van der Waals surface area contributed by atoms with Crippen LogP contribution in [-0.4, -0.2) is 59.1 Å². The Morgan fingerprint density at radius 1 is 1.16 bits per heavy atom. The quantitative estimate of drug-likeness (QED) is 0.704. The first-order valence-electron chi connectivity index (χ1n) is 12.1. The molecule has 0 saturated carbocycles. The molecule has 31 heavy (non-hydrogen) atoms. The Kier molecular flexibility index (Phi) is 4.82. The van der Waals surface area contributed by atoms with Gasteiger partial charge >= 0.3 is 0 Å². The summed E-state index contributed by atoms with van der Waals surface area (Å²) in [7, 11) is 1.69. The van der Waals surface area contributed by atoms with E-state index in [9.17, 15) is 4.79 Å². The van der Waals surface area contributed by atoms with Crippen molar-refractivity contribution in [2.75, 3.05) is 26.7 Å². The predicted molar refractivity (Wildman–Crippen MR) is 122 cm³/mol. The minimum atomic E-state index is 0.267. The molecule has 3 aliphatic heterocycles. The third-order valence-electron chi connectivity index (χ3n) is 8.26. The van der Waals surface area contributed by atoms with E-state index in [1.54, 1.807) is 12.7 Å². The summed E-state index contributed by atoms with van der Waals surface area (Å²) in [5, 5.41) is 1.12. The van der Waals surface area contributed by atoms with Gasteiger partial charge < -0.3 is 14.2 Å². The van der Waals surface area contributed by atoms with E-state index in [4.69, 9.17) is 4.74 Å². The summed E-state index contributed by atoms with van der Waals surface area (Å²) in [5.41, 5.74) is 2.66. The van der Waals surface area contributed by atoms with Crippen LogP contribution in [0.25, 0.3) is 10.9 Å². The van der Waals surface area contributed by atoms with Crippen LogP contribution < -0.4 is 4.74 Å². The minimum Gasteiger partial charge on any atom is -0.497 e. The van der Waals surface area contributed by atoms with Crippen molar-refractivity contribution >= 4 is 16.8 Å². The third-order valence-corrected chi connectivity index (χ3v) is 8.26. The molecule has 1 aliphatic carbocycles. The number of hydrogen-bond donors (Lipinski definition) is 0. The van der Waals surface area contributed by atoms with Crippen LogP contribution in [0.15, 0.2) is 42.1 Å². The highest BCUT2D eigenvalue weighted by Crippen LogP contribution is 2.45. The molecule has 5 heteroatoms. The second kappa shape index (κ2) is 7.70. The lowest BCUT2D eigenvalue weighted by Gasteiger charge is -2.54. The average Bonchev–Trinajstić information content (AvgIpc) is 3.20. The second-order valence-corrected chi connectivity index (χ2v) is 9.96. The smallest absolute Gasteiger partial charge is 0.243 e. The number of nitrogens with zero attached hydrogens (tertiary/aromatic N) is 3.